The molecule has 2 atom stereocenters. The van der Waals surface area contributed by atoms with Gasteiger partial charge in [0.15, 0.2) is 6.23 Å². The van der Waals surface area contributed by atoms with Crippen LogP contribution in [-0.2, 0) is 4.74 Å². The molecule has 0 amide bonds. The number of nitrogens with zero attached hydrogens (tertiary/aromatic N) is 1. The van der Waals surface area contributed by atoms with Crippen molar-refractivity contribution in [2.24, 2.45) is 0 Å². The van der Waals surface area contributed by atoms with E-state index < -0.39 is 0 Å². The Hall–Kier alpha value is -2.55. The van der Waals surface area contributed by atoms with Crippen molar-refractivity contribution in [2.45, 2.75) is 12.3 Å². The van der Waals surface area contributed by atoms with Gasteiger partial charge in [-0.15, -0.1) is 0 Å². The predicted octanol–water partition coefficient (Wildman–Crippen LogP) is 5.95. The normalized spacial score (nSPS) is 20.6. The lowest BCUT2D eigenvalue weighted by Gasteiger charge is -2.43. The minimum Gasteiger partial charge on any atom is -0.342 e. The average molecular weight is 346 g/mol. The summed E-state index contributed by atoms with van der Waals surface area (Å²) in [6.45, 7) is 0. The Morgan fingerprint density at radius 1 is 0.800 bits per heavy atom. The van der Waals surface area contributed by atoms with E-state index >= 15 is 0 Å². The van der Waals surface area contributed by atoms with Crippen LogP contribution in [0.4, 0.5) is 11.4 Å². The first-order chi connectivity index (χ1) is 12.3. The van der Waals surface area contributed by atoms with Crippen LogP contribution in [-0.4, -0.2) is 6.23 Å². The first-order valence-electron chi connectivity index (χ1n) is 8.37. The van der Waals surface area contributed by atoms with Gasteiger partial charge in [0.05, 0.1) is 11.4 Å². The molecule has 3 aromatic rings. The monoisotopic (exact) mass is 345 g/mol. The molecule has 0 unspecified atom stereocenters. The largest absolute Gasteiger partial charge is 0.342 e. The van der Waals surface area contributed by atoms with E-state index in [1.807, 2.05) is 24.3 Å². The summed E-state index contributed by atoms with van der Waals surface area (Å²) in [5.74, 6) is 0. The van der Waals surface area contributed by atoms with Crippen LogP contribution in [0.2, 0.25) is 5.02 Å². The molecule has 2 aliphatic rings. The topological polar surface area (TPSA) is 12.5 Å². The molecular weight excluding hydrogens is 330 g/mol. The smallest absolute Gasteiger partial charge is 0.155 e. The highest BCUT2D eigenvalue weighted by Crippen LogP contribution is 2.46. The van der Waals surface area contributed by atoms with E-state index in [4.69, 9.17) is 16.3 Å². The molecule has 2 aliphatic heterocycles. The highest BCUT2D eigenvalue weighted by atomic mass is 35.5. The molecule has 5 rings (SSSR count). The maximum atomic E-state index is 6.50. The summed E-state index contributed by atoms with van der Waals surface area (Å²) in [7, 11) is 0. The molecule has 0 saturated heterocycles. The lowest BCUT2D eigenvalue weighted by atomic mass is 9.95. The van der Waals surface area contributed by atoms with Crippen molar-refractivity contribution in [3.63, 3.8) is 0 Å². The van der Waals surface area contributed by atoms with Crippen molar-refractivity contribution in [1.29, 1.82) is 0 Å². The number of benzene rings is 3. The second-order valence-electron chi connectivity index (χ2n) is 6.30. The van der Waals surface area contributed by atoms with Gasteiger partial charge in [-0.25, -0.2) is 0 Å². The van der Waals surface area contributed by atoms with Crippen LogP contribution in [0.5, 0.6) is 0 Å². The molecule has 3 heteroatoms. The number of ether oxygens (including phenoxy) is 1. The molecule has 0 aromatic heterocycles. The first-order valence-corrected chi connectivity index (χ1v) is 8.75. The molecule has 0 aliphatic carbocycles. The third-order valence-corrected chi connectivity index (χ3v) is 5.07. The molecule has 2 nitrogen and oxygen atoms in total. The van der Waals surface area contributed by atoms with E-state index in [-0.39, 0.29) is 12.3 Å². The van der Waals surface area contributed by atoms with E-state index in [2.05, 4.69) is 65.6 Å². The quantitative estimate of drug-likeness (QED) is 0.540. The van der Waals surface area contributed by atoms with Gasteiger partial charge in [-0.1, -0.05) is 66.2 Å². The van der Waals surface area contributed by atoms with Crippen LogP contribution in [0.15, 0.2) is 78.9 Å². The molecule has 122 valence electrons. The van der Waals surface area contributed by atoms with Crippen LogP contribution in [0.25, 0.3) is 6.08 Å². The molecule has 0 N–H and O–H groups in total. The Kier molecular flexibility index (Phi) is 3.40. The van der Waals surface area contributed by atoms with E-state index in [0.29, 0.717) is 0 Å². The molecular formula is C22H16ClNO. The Morgan fingerprint density at radius 2 is 1.52 bits per heavy atom. The molecule has 0 fully saturated rings. The molecule has 0 bridgehead atoms. The number of fused-ring (bicyclic) bond motifs is 5. The highest BCUT2D eigenvalue weighted by molar-refractivity contribution is 6.30. The van der Waals surface area contributed by atoms with Gasteiger partial charge in [-0.3, -0.25) is 0 Å². The standard InChI is InChI=1S/C22H16ClNO/c23-17-12-9-16(10-13-17)22-18-6-2-4-8-20(18)24-19-7-3-1-5-15(19)11-14-21(24)25-22/h1-14,21-22H/t21-,22-/m0/s1. The van der Waals surface area contributed by atoms with Crippen LogP contribution >= 0.6 is 11.6 Å². The summed E-state index contributed by atoms with van der Waals surface area (Å²) in [4.78, 5) is 2.27. The van der Waals surface area contributed by atoms with Crippen LogP contribution in [0.3, 0.4) is 0 Å². The van der Waals surface area contributed by atoms with Gasteiger partial charge in [0.2, 0.25) is 0 Å². The van der Waals surface area contributed by atoms with Gasteiger partial charge in [0, 0.05) is 10.6 Å². The fourth-order valence-corrected chi connectivity index (χ4v) is 3.79. The van der Waals surface area contributed by atoms with Gasteiger partial charge in [-0.2, -0.15) is 0 Å². The van der Waals surface area contributed by atoms with Crippen LogP contribution in [0, 0.1) is 0 Å². The van der Waals surface area contributed by atoms with E-state index in [1.54, 1.807) is 0 Å². The Labute approximate surface area is 151 Å². The van der Waals surface area contributed by atoms with E-state index in [0.717, 1.165) is 10.6 Å². The Morgan fingerprint density at radius 3 is 2.36 bits per heavy atom. The SMILES string of the molecule is Clc1ccc([C@@H]2O[C@H]3C=Cc4ccccc4N3c3ccccc32)cc1. The zero-order valence-electron chi connectivity index (χ0n) is 13.5. The van der Waals surface area contributed by atoms with E-state index in [9.17, 15) is 0 Å². The zero-order chi connectivity index (χ0) is 16.8. The zero-order valence-corrected chi connectivity index (χ0v) is 14.2. The van der Waals surface area contributed by atoms with Crippen molar-refractivity contribution in [1.82, 2.24) is 0 Å². The molecule has 0 spiro atoms. The molecule has 3 aromatic carbocycles. The summed E-state index contributed by atoms with van der Waals surface area (Å²) < 4.78 is 6.50. The summed E-state index contributed by atoms with van der Waals surface area (Å²) in [6, 6.07) is 24.8. The number of para-hydroxylation sites is 2. The van der Waals surface area contributed by atoms with Crippen molar-refractivity contribution >= 4 is 29.1 Å². The van der Waals surface area contributed by atoms with Crippen LogP contribution < -0.4 is 4.90 Å². The predicted molar refractivity (Wildman–Crippen MR) is 102 cm³/mol. The average Bonchev–Trinajstić information content (AvgIpc) is 2.67. The maximum absolute atomic E-state index is 6.50. The first kappa shape index (κ1) is 14.8. The minimum atomic E-state index is -0.120. The van der Waals surface area contributed by atoms with Gasteiger partial charge in [-0.05, 0) is 41.5 Å². The fourth-order valence-electron chi connectivity index (χ4n) is 3.67. The van der Waals surface area contributed by atoms with Gasteiger partial charge in [0.25, 0.3) is 0 Å². The summed E-state index contributed by atoms with van der Waals surface area (Å²) in [6.07, 6.45) is 4.04. The molecule has 2 heterocycles. The lowest BCUT2D eigenvalue weighted by Crippen LogP contribution is -2.40. The third kappa shape index (κ3) is 2.38. The van der Waals surface area contributed by atoms with Gasteiger partial charge < -0.3 is 9.64 Å². The Balaban J connectivity index is 1.67. The van der Waals surface area contributed by atoms with Crippen molar-refractivity contribution in [3.05, 3.63) is 101 Å². The molecule has 0 saturated carbocycles. The minimum absolute atomic E-state index is 0.107. The summed E-state index contributed by atoms with van der Waals surface area (Å²) in [5.41, 5.74) is 5.87. The molecule has 0 radical (unpaired) electrons. The summed E-state index contributed by atoms with van der Waals surface area (Å²) in [5, 5.41) is 0.737. The van der Waals surface area contributed by atoms with Crippen molar-refractivity contribution in [2.75, 3.05) is 4.90 Å². The number of rotatable bonds is 1. The maximum Gasteiger partial charge on any atom is 0.155 e. The second-order valence-corrected chi connectivity index (χ2v) is 6.74. The highest BCUT2D eigenvalue weighted by Gasteiger charge is 2.35. The number of anilines is 2. The van der Waals surface area contributed by atoms with Gasteiger partial charge in [0.1, 0.15) is 6.10 Å². The lowest BCUT2D eigenvalue weighted by molar-refractivity contribution is 0.0302. The summed E-state index contributed by atoms with van der Waals surface area (Å²) >= 11 is 6.06. The van der Waals surface area contributed by atoms with Crippen molar-refractivity contribution in [3.8, 4) is 0 Å². The van der Waals surface area contributed by atoms with E-state index in [1.165, 1.54) is 22.5 Å². The second kappa shape index (κ2) is 5.76. The Bertz CT molecular complexity index is 964. The number of halogens is 1. The van der Waals surface area contributed by atoms with Gasteiger partial charge >= 0.3 is 0 Å². The third-order valence-electron chi connectivity index (χ3n) is 4.82. The fraction of sp³-hybridized carbons (Fsp3) is 0.0909. The molecule has 25 heavy (non-hydrogen) atoms. The number of hydrogen-bond donors (Lipinski definition) is 0. The van der Waals surface area contributed by atoms with Crippen molar-refractivity contribution < 1.29 is 4.74 Å². The number of hydrogen-bond acceptors (Lipinski definition) is 2. The van der Waals surface area contributed by atoms with Crippen LogP contribution in [0.1, 0.15) is 22.8 Å².